The number of nitrogens with zero attached hydrogens (tertiary/aromatic N) is 1. The normalized spacial score (nSPS) is 21.4. The number of hydrogen-bond acceptors (Lipinski definition) is 3. The van der Waals surface area contributed by atoms with Gasteiger partial charge in [0.25, 0.3) is 0 Å². The largest absolute Gasteiger partial charge is 0.392 e. The fourth-order valence-electron chi connectivity index (χ4n) is 2.24. The van der Waals surface area contributed by atoms with Crippen molar-refractivity contribution in [3.63, 3.8) is 0 Å². The second kappa shape index (κ2) is 5.28. The van der Waals surface area contributed by atoms with Gasteiger partial charge in [-0.3, -0.25) is 0 Å². The van der Waals surface area contributed by atoms with E-state index in [1.54, 1.807) is 22.5 Å². The van der Waals surface area contributed by atoms with Crippen LogP contribution < -0.4 is 0 Å². The lowest BCUT2D eigenvalue weighted by Gasteiger charge is -2.21. The van der Waals surface area contributed by atoms with Crippen LogP contribution in [0.2, 0.25) is 0 Å². The third-order valence-electron chi connectivity index (χ3n) is 3.26. The maximum Gasteiger partial charge on any atom is 0.244 e. The van der Waals surface area contributed by atoms with Gasteiger partial charge in [-0.2, -0.15) is 4.31 Å². The first-order valence-electron chi connectivity index (χ1n) is 5.88. The predicted molar refractivity (Wildman–Crippen MR) is 72.7 cm³/mol. The second-order valence-corrected chi connectivity index (χ2v) is 7.24. The van der Waals surface area contributed by atoms with Crippen LogP contribution in [0.25, 0.3) is 0 Å². The standard InChI is InChI=1S/C12H16BrNO3S/c1-9-3-2-6-14(9)18(16,17)12-5-4-10(8-15)7-11(12)13/h4-5,7,9,15H,2-3,6,8H2,1H3. The van der Waals surface area contributed by atoms with Crippen LogP contribution in [0.4, 0.5) is 0 Å². The third kappa shape index (κ3) is 2.47. The molecule has 1 aromatic carbocycles. The van der Waals surface area contributed by atoms with E-state index in [1.807, 2.05) is 6.92 Å². The van der Waals surface area contributed by atoms with Crippen LogP contribution in [-0.4, -0.2) is 30.4 Å². The lowest BCUT2D eigenvalue weighted by atomic mass is 10.2. The summed E-state index contributed by atoms with van der Waals surface area (Å²) in [5, 5.41) is 9.03. The summed E-state index contributed by atoms with van der Waals surface area (Å²) in [6.45, 7) is 2.41. The van der Waals surface area contributed by atoms with Crippen LogP contribution in [0.15, 0.2) is 27.6 Å². The molecule has 1 saturated heterocycles. The average Bonchev–Trinajstić information content (AvgIpc) is 2.75. The highest BCUT2D eigenvalue weighted by atomic mass is 79.9. The molecule has 1 aliphatic rings. The number of hydrogen-bond donors (Lipinski definition) is 1. The maximum atomic E-state index is 12.5. The number of rotatable bonds is 3. The minimum Gasteiger partial charge on any atom is -0.392 e. The summed E-state index contributed by atoms with van der Waals surface area (Å²) in [4.78, 5) is 0.272. The highest BCUT2D eigenvalue weighted by Gasteiger charge is 2.33. The van der Waals surface area contributed by atoms with Crippen LogP contribution in [0, 0.1) is 0 Å². The molecular formula is C12H16BrNO3S. The molecule has 1 fully saturated rings. The molecule has 1 aromatic rings. The SMILES string of the molecule is CC1CCCN1S(=O)(=O)c1ccc(CO)cc1Br. The van der Waals surface area contributed by atoms with E-state index in [-0.39, 0.29) is 17.5 Å². The Hall–Kier alpha value is -0.430. The molecule has 0 saturated carbocycles. The van der Waals surface area contributed by atoms with Crippen molar-refractivity contribution in [2.45, 2.75) is 37.3 Å². The summed E-state index contributed by atoms with van der Waals surface area (Å²) in [5.41, 5.74) is 0.690. The Balaban J connectivity index is 2.41. The van der Waals surface area contributed by atoms with Crippen LogP contribution in [-0.2, 0) is 16.6 Å². The number of benzene rings is 1. The highest BCUT2D eigenvalue weighted by Crippen LogP contribution is 2.30. The van der Waals surface area contributed by atoms with Gasteiger partial charge in [-0.1, -0.05) is 6.07 Å². The van der Waals surface area contributed by atoms with E-state index in [4.69, 9.17) is 5.11 Å². The molecule has 1 N–H and O–H groups in total. The van der Waals surface area contributed by atoms with Crippen molar-refractivity contribution in [1.29, 1.82) is 0 Å². The van der Waals surface area contributed by atoms with Crippen LogP contribution in [0.5, 0.6) is 0 Å². The molecule has 0 bridgehead atoms. The number of aliphatic hydroxyl groups excluding tert-OH is 1. The Labute approximate surface area is 116 Å². The summed E-state index contributed by atoms with van der Waals surface area (Å²) in [7, 11) is -3.44. The molecule has 1 atom stereocenters. The van der Waals surface area contributed by atoms with Gasteiger partial charge in [-0.15, -0.1) is 0 Å². The van der Waals surface area contributed by atoms with Crippen LogP contribution in [0.1, 0.15) is 25.3 Å². The first-order chi connectivity index (χ1) is 8.46. The fourth-order valence-corrected chi connectivity index (χ4v) is 5.03. The molecule has 6 heteroatoms. The zero-order chi connectivity index (χ0) is 13.3. The zero-order valence-electron chi connectivity index (χ0n) is 10.1. The molecule has 18 heavy (non-hydrogen) atoms. The molecule has 1 heterocycles. The van der Waals surface area contributed by atoms with Crippen molar-refractivity contribution in [3.8, 4) is 0 Å². The summed E-state index contributed by atoms with van der Waals surface area (Å²) in [5.74, 6) is 0. The van der Waals surface area contributed by atoms with Crippen molar-refractivity contribution in [1.82, 2.24) is 4.31 Å². The topological polar surface area (TPSA) is 57.6 Å². The van der Waals surface area contributed by atoms with Crippen molar-refractivity contribution >= 4 is 26.0 Å². The summed E-state index contributed by atoms with van der Waals surface area (Å²) in [6.07, 6.45) is 1.82. The zero-order valence-corrected chi connectivity index (χ0v) is 12.5. The van der Waals surface area contributed by atoms with Crippen molar-refractivity contribution in [2.24, 2.45) is 0 Å². The van der Waals surface area contributed by atoms with Crippen LogP contribution >= 0.6 is 15.9 Å². The van der Waals surface area contributed by atoms with E-state index in [1.165, 1.54) is 0 Å². The van der Waals surface area contributed by atoms with Gasteiger partial charge in [-0.05, 0) is 53.4 Å². The quantitative estimate of drug-likeness (QED) is 0.921. The molecule has 1 aliphatic heterocycles. The predicted octanol–water partition coefficient (Wildman–Crippen LogP) is 2.11. The number of aliphatic hydroxyl groups is 1. The molecule has 4 nitrogen and oxygen atoms in total. The van der Waals surface area contributed by atoms with Crippen molar-refractivity contribution < 1.29 is 13.5 Å². The third-order valence-corrected chi connectivity index (χ3v) is 6.25. The van der Waals surface area contributed by atoms with E-state index in [0.29, 0.717) is 16.6 Å². The maximum absolute atomic E-state index is 12.5. The van der Waals surface area contributed by atoms with Gasteiger partial charge in [0.1, 0.15) is 0 Å². The van der Waals surface area contributed by atoms with Gasteiger partial charge < -0.3 is 5.11 Å². The molecule has 0 aromatic heterocycles. The van der Waals surface area contributed by atoms with E-state index in [9.17, 15) is 8.42 Å². The highest BCUT2D eigenvalue weighted by molar-refractivity contribution is 9.10. The first-order valence-corrected chi connectivity index (χ1v) is 8.11. The summed E-state index contributed by atoms with van der Waals surface area (Å²) in [6, 6.07) is 4.89. The molecule has 2 rings (SSSR count). The average molecular weight is 334 g/mol. The van der Waals surface area contributed by atoms with Crippen molar-refractivity contribution in [3.05, 3.63) is 28.2 Å². The van der Waals surface area contributed by atoms with E-state index < -0.39 is 10.0 Å². The monoisotopic (exact) mass is 333 g/mol. The summed E-state index contributed by atoms with van der Waals surface area (Å²) < 4.78 is 27.1. The van der Waals surface area contributed by atoms with Gasteiger partial charge in [0.05, 0.1) is 11.5 Å². The fraction of sp³-hybridized carbons (Fsp3) is 0.500. The lowest BCUT2D eigenvalue weighted by Crippen LogP contribution is -2.33. The first kappa shape index (κ1) is 14.0. The Morgan fingerprint density at radius 3 is 2.72 bits per heavy atom. The number of halogens is 1. The van der Waals surface area contributed by atoms with E-state index in [2.05, 4.69) is 15.9 Å². The summed E-state index contributed by atoms with van der Waals surface area (Å²) >= 11 is 3.27. The molecule has 0 amide bonds. The second-order valence-electron chi connectivity index (χ2n) is 4.53. The molecule has 1 unspecified atom stereocenters. The van der Waals surface area contributed by atoms with Gasteiger partial charge in [0, 0.05) is 17.1 Å². The minimum atomic E-state index is -3.44. The Morgan fingerprint density at radius 1 is 1.50 bits per heavy atom. The Bertz CT molecular complexity index is 544. The molecule has 0 radical (unpaired) electrons. The number of sulfonamides is 1. The molecule has 100 valence electrons. The van der Waals surface area contributed by atoms with E-state index >= 15 is 0 Å². The molecule has 0 spiro atoms. The Kier molecular flexibility index (Phi) is 4.11. The van der Waals surface area contributed by atoms with Gasteiger partial charge >= 0.3 is 0 Å². The van der Waals surface area contributed by atoms with Crippen LogP contribution in [0.3, 0.4) is 0 Å². The van der Waals surface area contributed by atoms with Crippen molar-refractivity contribution in [2.75, 3.05) is 6.54 Å². The van der Waals surface area contributed by atoms with Gasteiger partial charge in [0.2, 0.25) is 10.0 Å². The minimum absolute atomic E-state index is 0.0550. The van der Waals surface area contributed by atoms with Gasteiger partial charge in [0.15, 0.2) is 0 Å². The Morgan fingerprint density at radius 2 is 2.22 bits per heavy atom. The molecular weight excluding hydrogens is 318 g/mol. The van der Waals surface area contributed by atoms with E-state index in [0.717, 1.165) is 12.8 Å². The lowest BCUT2D eigenvalue weighted by molar-refractivity contribution is 0.281. The van der Waals surface area contributed by atoms with Gasteiger partial charge in [-0.25, -0.2) is 8.42 Å². The smallest absolute Gasteiger partial charge is 0.244 e. The molecule has 0 aliphatic carbocycles.